The standard InChI is InChI=1S/C28H35N7O3/c1-18(29)25(36)35-24(16-19-8-3-2-4-9-19)27(38)34-23(12-7-15-32-28(30)31)26(37)33-22-14-13-20-10-5-6-11-21(20)17-22/h2-6,8-11,13-14,17-18,23-24H,7,12,15-16,29H2,1H3,(H,33,37)(H,34,38)(H,35,36)(H4,30,31,32)/t18-,23+,24+/m1/s1. The average Bonchev–Trinajstić information content (AvgIpc) is 2.90. The third-order valence-corrected chi connectivity index (χ3v) is 5.92. The fraction of sp³-hybridized carbons (Fsp3) is 0.286. The molecule has 0 heterocycles. The van der Waals surface area contributed by atoms with Crippen LogP contribution in [0.5, 0.6) is 0 Å². The van der Waals surface area contributed by atoms with Crippen LogP contribution in [-0.4, -0.2) is 48.4 Å². The first kappa shape index (κ1) is 28.1. The summed E-state index contributed by atoms with van der Waals surface area (Å²) in [5.74, 6) is -1.41. The van der Waals surface area contributed by atoms with E-state index < -0.39 is 35.8 Å². The Balaban J connectivity index is 1.78. The summed E-state index contributed by atoms with van der Waals surface area (Å²) in [7, 11) is 0. The minimum Gasteiger partial charge on any atom is -0.370 e. The van der Waals surface area contributed by atoms with Gasteiger partial charge in [-0.3, -0.25) is 19.4 Å². The molecule has 3 rings (SSSR count). The third-order valence-electron chi connectivity index (χ3n) is 5.92. The van der Waals surface area contributed by atoms with Crippen molar-refractivity contribution in [2.75, 3.05) is 11.9 Å². The molecule has 0 aromatic heterocycles. The summed E-state index contributed by atoms with van der Waals surface area (Å²) < 4.78 is 0. The predicted octanol–water partition coefficient (Wildman–Crippen LogP) is 1.39. The number of nitrogens with one attached hydrogen (secondary N) is 3. The minimum absolute atomic E-state index is 0.0484. The van der Waals surface area contributed by atoms with Crippen LogP contribution in [0.15, 0.2) is 77.8 Å². The highest BCUT2D eigenvalue weighted by atomic mass is 16.2. The fourth-order valence-corrected chi connectivity index (χ4v) is 3.90. The summed E-state index contributed by atoms with van der Waals surface area (Å²) >= 11 is 0. The van der Waals surface area contributed by atoms with Crippen LogP contribution in [-0.2, 0) is 20.8 Å². The number of hydrogen-bond acceptors (Lipinski definition) is 5. The largest absolute Gasteiger partial charge is 0.370 e. The summed E-state index contributed by atoms with van der Waals surface area (Å²) in [6, 6.07) is 20.0. The molecule has 3 aromatic rings. The second-order valence-corrected chi connectivity index (χ2v) is 9.10. The van der Waals surface area contributed by atoms with Gasteiger partial charge in [0, 0.05) is 18.7 Å². The van der Waals surface area contributed by atoms with E-state index in [1.165, 1.54) is 6.92 Å². The molecule has 200 valence electrons. The number of nitrogens with zero attached hydrogens (tertiary/aromatic N) is 1. The van der Waals surface area contributed by atoms with E-state index in [0.29, 0.717) is 18.7 Å². The number of aliphatic imine (C=N–C) groups is 1. The van der Waals surface area contributed by atoms with E-state index in [-0.39, 0.29) is 18.8 Å². The number of amides is 3. The van der Waals surface area contributed by atoms with Crippen LogP contribution in [0.3, 0.4) is 0 Å². The zero-order valence-electron chi connectivity index (χ0n) is 21.4. The number of fused-ring (bicyclic) bond motifs is 1. The quantitative estimate of drug-likeness (QED) is 0.120. The Labute approximate surface area is 222 Å². The zero-order chi connectivity index (χ0) is 27.5. The molecule has 0 radical (unpaired) electrons. The highest BCUT2D eigenvalue weighted by Gasteiger charge is 2.27. The Bertz CT molecular complexity index is 1270. The van der Waals surface area contributed by atoms with Gasteiger partial charge in [-0.15, -0.1) is 0 Å². The average molecular weight is 518 g/mol. The van der Waals surface area contributed by atoms with Crippen molar-refractivity contribution in [3.8, 4) is 0 Å². The van der Waals surface area contributed by atoms with E-state index >= 15 is 0 Å². The van der Waals surface area contributed by atoms with Crippen LogP contribution >= 0.6 is 0 Å². The van der Waals surface area contributed by atoms with Crippen LogP contribution in [0.4, 0.5) is 5.69 Å². The molecule has 0 fully saturated rings. The van der Waals surface area contributed by atoms with Crippen molar-refractivity contribution in [3.63, 3.8) is 0 Å². The second kappa shape index (κ2) is 13.8. The zero-order valence-corrected chi connectivity index (χ0v) is 21.4. The Kier molecular flexibility index (Phi) is 10.2. The summed E-state index contributed by atoms with van der Waals surface area (Å²) in [6.07, 6.45) is 0.961. The van der Waals surface area contributed by atoms with Gasteiger partial charge in [0.25, 0.3) is 0 Å². The van der Waals surface area contributed by atoms with Crippen molar-refractivity contribution >= 4 is 40.1 Å². The van der Waals surface area contributed by atoms with Crippen LogP contribution in [0.2, 0.25) is 0 Å². The van der Waals surface area contributed by atoms with Crippen molar-refractivity contribution in [3.05, 3.63) is 78.4 Å². The first-order valence-corrected chi connectivity index (χ1v) is 12.5. The van der Waals surface area contributed by atoms with Crippen molar-refractivity contribution < 1.29 is 14.4 Å². The van der Waals surface area contributed by atoms with Crippen molar-refractivity contribution in [2.24, 2.45) is 22.2 Å². The lowest BCUT2D eigenvalue weighted by atomic mass is 10.0. The highest BCUT2D eigenvalue weighted by molar-refractivity contribution is 6.00. The summed E-state index contributed by atoms with van der Waals surface area (Å²) in [6.45, 7) is 1.84. The molecule has 10 nitrogen and oxygen atoms in total. The monoisotopic (exact) mass is 517 g/mol. The summed E-state index contributed by atoms with van der Waals surface area (Å²) in [5.41, 5.74) is 18.0. The molecule has 0 unspecified atom stereocenters. The number of anilines is 1. The molecule has 3 amide bonds. The number of carbonyl (C=O) groups is 3. The second-order valence-electron chi connectivity index (χ2n) is 9.10. The van der Waals surface area contributed by atoms with Gasteiger partial charge in [0.2, 0.25) is 17.7 Å². The van der Waals surface area contributed by atoms with Crippen LogP contribution < -0.4 is 33.2 Å². The Morgan fingerprint density at radius 2 is 1.47 bits per heavy atom. The lowest BCUT2D eigenvalue weighted by molar-refractivity contribution is -0.131. The van der Waals surface area contributed by atoms with E-state index in [9.17, 15) is 14.4 Å². The SMILES string of the molecule is C[C@@H](N)C(=O)N[C@@H](Cc1ccccc1)C(=O)N[C@@H](CCCN=C(N)N)C(=O)Nc1ccc2ccccc2c1. The van der Waals surface area contributed by atoms with E-state index in [4.69, 9.17) is 17.2 Å². The van der Waals surface area contributed by atoms with Gasteiger partial charge in [-0.1, -0.05) is 60.7 Å². The molecule has 3 atom stereocenters. The van der Waals surface area contributed by atoms with Gasteiger partial charge in [-0.25, -0.2) is 0 Å². The summed E-state index contributed by atoms with van der Waals surface area (Å²) in [5, 5.41) is 10.4. The predicted molar refractivity (Wildman–Crippen MR) is 150 cm³/mol. The first-order chi connectivity index (χ1) is 18.2. The normalized spacial score (nSPS) is 13.1. The van der Waals surface area contributed by atoms with Gasteiger partial charge in [0.1, 0.15) is 12.1 Å². The van der Waals surface area contributed by atoms with E-state index in [0.717, 1.165) is 16.3 Å². The van der Waals surface area contributed by atoms with Crippen molar-refractivity contribution in [1.82, 2.24) is 10.6 Å². The molecule has 38 heavy (non-hydrogen) atoms. The minimum atomic E-state index is -0.926. The number of benzene rings is 3. The molecule has 9 N–H and O–H groups in total. The van der Waals surface area contributed by atoms with Crippen LogP contribution in [0, 0.1) is 0 Å². The molecule has 0 spiro atoms. The van der Waals surface area contributed by atoms with Gasteiger partial charge < -0.3 is 33.2 Å². The number of guanidine groups is 1. The molecule has 10 heteroatoms. The molecule has 0 aliphatic rings. The van der Waals surface area contributed by atoms with Crippen LogP contribution in [0.25, 0.3) is 10.8 Å². The molecule has 0 bridgehead atoms. The maximum Gasteiger partial charge on any atom is 0.246 e. The molecular weight excluding hydrogens is 482 g/mol. The number of hydrogen-bond donors (Lipinski definition) is 6. The van der Waals surface area contributed by atoms with Crippen molar-refractivity contribution in [2.45, 2.75) is 44.3 Å². The molecular formula is C28H35N7O3. The Morgan fingerprint density at radius 1 is 0.816 bits per heavy atom. The first-order valence-electron chi connectivity index (χ1n) is 12.5. The third kappa shape index (κ3) is 8.59. The molecule has 0 aliphatic carbocycles. The maximum absolute atomic E-state index is 13.4. The van der Waals surface area contributed by atoms with Crippen molar-refractivity contribution in [1.29, 1.82) is 0 Å². The van der Waals surface area contributed by atoms with E-state index in [2.05, 4.69) is 20.9 Å². The Morgan fingerprint density at radius 3 is 2.16 bits per heavy atom. The lowest BCUT2D eigenvalue weighted by Gasteiger charge is -2.24. The van der Waals surface area contributed by atoms with Gasteiger partial charge in [0.15, 0.2) is 5.96 Å². The number of nitrogens with two attached hydrogens (primary N) is 3. The van der Waals surface area contributed by atoms with E-state index in [1.54, 1.807) is 6.07 Å². The number of carbonyl (C=O) groups excluding carboxylic acids is 3. The fourth-order valence-electron chi connectivity index (χ4n) is 3.90. The van der Waals surface area contributed by atoms with Gasteiger partial charge in [0.05, 0.1) is 6.04 Å². The number of rotatable bonds is 12. The summed E-state index contributed by atoms with van der Waals surface area (Å²) in [4.78, 5) is 43.0. The molecule has 0 saturated carbocycles. The lowest BCUT2D eigenvalue weighted by Crippen LogP contribution is -2.55. The topological polar surface area (TPSA) is 178 Å². The van der Waals surface area contributed by atoms with Crippen LogP contribution in [0.1, 0.15) is 25.3 Å². The Hall–Kier alpha value is -4.44. The molecule has 0 aliphatic heterocycles. The molecule has 0 saturated heterocycles. The molecule has 3 aromatic carbocycles. The van der Waals surface area contributed by atoms with E-state index in [1.807, 2.05) is 66.7 Å². The van der Waals surface area contributed by atoms with Gasteiger partial charge in [-0.05, 0) is 48.2 Å². The smallest absolute Gasteiger partial charge is 0.246 e. The van der Waals surface area contributed by atoms with Gasteiger partial charge >= 0.3 is 0 Å². The van der Waals surface area contributed by atoms with Gasteiger partial charge in [-0.2, -0.15) is 0 Å². The highest BCUT2D eigenvalue weighted by Crippen LogP contribution is 2.19. The maximum atomic E-state index is 13.4.